The Morgan fingerprint density at radius 3 is 1.82 bits per heavy atom. The van der Waals surface area contributed by atoms with Gasteiger partial charge >= 0.3 is 0 Å². The molecule has 2 nitrogen and oxygen atoms in total. The number of thiol groups is 2. The molecular formula is C13H16O2S2. The van der Waals surface area contributed by atoms with Crippen molar-refractivity contribution in [3.63, 3.8) is 0 Å². The van der Waals surface area contributed by atoms with Crippen molar-refractivity contribution in [1.82, 2.24) is 0 Å². The topological polar surface area (TPSA) is 34.1 Å². The first-order chi connectivity index (χ1) is 8.09. The van der Waals surface area contributed by atoms with Crippen LogP contribution in [0, 0.1) is 0 Å². The molecule has 0 amide bonds. The summed E-state index contributed by atoms with van der Waals surface area (Å²) in [4.78, 5) is 21.8. The third-order valence-electron chi connectivity index (χ3n) is 2.68. The quantitative estimate of drug-likeness (QED) is 0.744. The van der Waals surface area contributed by atoms with Gasteiger partial charge < -0.3 is 0 Å². The van der Waals surface area contributed by atoms with E-state index < -0.39 is 0 Å². The molecule has 0 aliphatic rings. The standard InChI is InChI=1S/C13H16O2S2/c14-12(16)8-6-11(7-9-13(15)17)10-4-2-1-3-5-10/h1-5,11H,6-9H2,(H,14,16)(H,15,17). The molecular weight excluding hydrogens is 252 g/mol. The number of rotatable bonds is 7. The maximum atomic E-state index is 10.9. The number of benzene rings is 1. The smallest absolute Gasteiger partial charge is 0.185 e. The second-order valence-corrected chi connectivity index (χ2v) is 4.97. The van der Waals surface area contributed by atoms with Gasteiger partial charge in [-0.2, -0.15) is 0 Å². The average Bonchev–Trinajstić information content (AvgIpc) is 2.29. The Labute approximate surface area is 113 Å². The highest BCUT2D eigenvalue weighted by Gasteiger charge is 2.13. The zero-order valence-corrected chi connectivity index (χ0v) is 11.3. The average molecular weight is 268 g/mol. The largest absolute Gasteiger partial charge is 0.288 e. The van der Waals surface area contributed by atoms with E-state index in [1.54, 1.807) is 0 Å². The zero-order chi connectivity index (χ0) is 12.7. The van der Waals surface area contributed by atoms with Crippen LogP contribution in [0.3, 0.4) is 0 Å². The van der Waals surface area contributed by atoms with E-state index in [1.807, 2.05) is 30.3 Å². The Morgan fingerprint density at radius 2 is 1.41 bits per heavy atom. The third kappa shape index (κ3) is 5.94. The maximum Gasteiger partial charge on any atom is 0.185 e. The number of carbonyl (C=O) groups excluding carboxylic acids is 2. The van der Waals surface area contributed by atoms with Crippen molar-refractivity contribution in [3.8, 4) is 0 Å². The monoisotopic (exact) mass is 268 g/mol. The van der Waals surface area contributed by atoms with Crippen LogP contribution in [-0.4, -0.2) is 10.2 Å². The lowest BCUT2D eigenvalue weighted by Gasteiger charge is -2.15. The first-order valence-corrected chi connectivity index (χ1v) is 6.47. The molecule has 0 aliphatic carbocycles. The van der Waals surface area contributed by atoms with Crippen LogP contribution < -0.4 is 0 Å². The van der Waals surface area contributed by atoms with Gasteiger partial charge in [-0.1, -0.05) is 30.3 Å². The first kappa shape index (κ1) is 14.3. The van der Waals surface area contributed by atoms with Crippen molar-refractivity contribution in [1.29, 1.82) is 0 Å². The minimum Gasteiger partial charge on any atom is -0.288 e. The van der Waals surface area contributed by atoms with Gasteiger partial charge in [0.15, 0.2) is 10.2 Å². The fourth-order valence-electron chi connectivity index (χ4n) is 1.80. The van der Waals surface area contributed by atoms with Gasteiger partial charge in [-0.15, -0.1) is 25.3 Å². The molecule has 0 spiro atoms. The summed E-state index contributed by atoms with van der Waals surface area (Å²) in [5, 5.41) is -0.216. The molecule has 0 aliphatic heterocycles. The lowest BCUT2D eigenvalue weighted by Crippen LogP contribution is -2.03. The molecule has 1 rings (SSSR count). The molecule has 0 saturated heterocycles. The van der Waals surface area contributed by atoms with Gasteiger partial charge in [0, 0.05) is 12.8 Å². The minimum absolute atomic E-state index is 0.108. The summed E-state index contributed by atoms with van der Waals surface area (Å²) in [6.07, 6.45) is 2.33. The zero-order valence-electron chi connectivity index (χ0n) is 9.50. The molecule has 4 heteroatoms. The summed E-state index contributed by atoms with van der Waals surface area (Å²) in [5.74, 6) is 0.225. The van der Waals surface area contributed by atoms with Crippen molar-refractivity contribution in [2.75, 3.05) is 0 Å². The van der Waals surface area contributed by atoms with E-state index >= 15 is 0 Å². The van der Waals surface area contributed by atoms with E-state index in [0.717, 1.165) is 18.4 Å². The van der Waals surface area contributed by atoms with Gasteiger partial charge in [-0.25, -0.2) is 0 Å². The second-order valence-electron chi connectivity index (χ2n) is 3.97. The summed E-state index contributed by atoms with van der Waals surface area (Å²) in [5.41, 5.74) is 1.16. The Bertz CT molecular complexity index is 358. The summed E-state index contributed by atoms with van der Waals surface area (Å²) in [6, 6.07) is 9.93. The predicted molar refractivity (Wildman–Crippen MR) is 75.6 cm³/mol. The molecule has 1 aromatic rings. The van der Waals surface area contributed by atoms with Gasteiger partial charge in [0.2, 0.25) is 0 Å². The van der Waals surface area contributed by atoms with Crippen LogP contribution in [0.4, 0.5) is 0 Å². The van der Waals surface area contributed by atoms with E-state index in [2.05, 4.69) is 25.3 Å². The molecule has 0 atom stereocenters. The predicted octanol–water partition coefficient (Wildman–Crippen LogP) is 3.24. The molecule has 0 aromatic heterocycles. The Hall–Kier alpha value is -0.740. The highest BCUT2D eigenvalue weighted by Crippen LogP contribution is 2.26. The van der Waals surface area contributed by atoms with Crippen LogP contribution in [0.25, 0.3) is 0 Å². The van der Waals surface area contributed by atoms with Gasteiger partial charge in [0.25, 0.3) is 0 Å². The van der Waals surface area contributed by atoms with Crippen molar-refractivity contribution in [2.24, 2.45) is 0 Å². The maximum absolute atomic E-state index is 10.9. The Kier molecular flexibility index (Phi) is 6.37. The molecule has 1 aromatic carbocycles. The summed E-state index contributed by atoms with van der Waals surface area (Å²) in [7, 11) is 0. The van der Waals surface area contributed by atoms with Crippen molar-refractivity contribution >= 4 is 35.5 Å². The molecule has 0 bridgehead atoms. The number of carbonyl (C=O) groups is 2. The lowest BCUT2D eigenvalue weighted by molar-refractivity contribution is -0.111. The minimum atomic E-state index is -0.108. The van der Waals surface area contributed by atoms with E-state index in [1.165, 1.54) is 0 Å². The van der Waals surface area contributed by atoms with Crippen LogP contribution in [0.2, 0.25) is 0 Å². The SMILES string of the molecule is O=C(S)CCC(CCC(=O)S)c1ccccc1. The Balaban J connectivity index is 2.64. The molecule has 0 N–H and O–H groups in total. The van der Waals surface area contributed by atoms with Crippen molar-refractivity contribution in [2.45, 2.75) is 31.6 Å². The Morgan fingerprint density at radius 1 is 0.941 bits per heavy atom. The summed E-state index contributed by atoms with van der Waals surface area (Å²) >= 11 is 7.55. The molecule has 0 radical (unpaired) electrons. The second kappa shape index (κ2) is 7.56. The van der Waals surface area contributed by atoms with Crippen molar-refractivity contribution < 1.29 is 9.59 Å². The molecule has 0 unspecified atom stereocenters. The van der Waals surface area contributed by atoms with Crippen LogP contribution in [0.1, 0.15) is 37.2 Å². The summed E-state index contributed by atoms with van der Waals surface area (Å²) < 4.78 is 0. The highest BCUT2D eigenvalue weighted by molar-refractivity contribution is 7.96. The van der Waals surface area contributed by atoms with E-state index in [0.29, 0.717) is 12.8 Å². The van der Waals surface area contributed by atoms with Crippen molar-refractivity contribution in [3.05, 3.63) is 35.9 Å². The lowest BCUT2D eigenvalue weighted by atomic mass is 9.90. The normalized spacial score (nSPS) is 10.5. The molecule has 92 valence electrons. The third-order valence-corrected chi connectivity index (χ3v) is 3.13. The van der Waals surface area contributed by atoms with Gasteiger partial charge in [-0.05, 0) is 24.3 Å². The van der Waals surface area contributed by atoms with Gasteiger partial charge in [0.05, 0.1) is 0 Å². The van der Waals surface area contributed by atoms with Gasteiger partial charge in [0.1, 0.15) is 0 Å². The van der Waals surface area contributed by atoms with E-state index in [9.17, 15) is 9.59 Å². The number of hydrogen-bond donors (Lipinski definition) is 2. The van der Waals surface area contributed by atoms with Crippen LogP contribution >= 0.6 is 25.3 Å². The molecule has 17 heavy (non-hydrogen) atoms. The fraction of sp³-hybridized carbons (Fsp3) is 0.385. The van der Waals surface area contributed by atoms with E-state index in [-0.39, 0.29) is 16.1 Å². The molecule has 0 fully saturated rings. The van der Waals surface area contributed by atoms with Gasteiger partial charge in [-0.3, -0.25) is 9.59 Å². The highest BCUT2D eigenvalue weighted by atomic mass is 32.1. The number of hydrogen-bond acceptors (Lipinski definition) is 2. The van der Waals surface area contributed by atoms with Crippen LogP contribution in [0.15, 0.2) is 30.3 Å². The fourth-order valence-corrected chi connectivity index (χ4v) is 2.06. The molecule has 0 saturated carbocycles. The van der Waals surface area contributed by atoms with E-state index in [4.69, 9.17) is 0 Å². The first-order valence-electron chi connectivity index (χ1n) is 5.58. The molecule has 0 heterocycles. The summed E-state index contributed by atoms with van der Waals surface area (Å²) in [6.45, 7) is 0. The van der Waals surface area contributed by atoms with Crippen LogP contribution in [-0.2, 0) is 9.59 Å². The van der Waals surface area contributed by atoms with Crippen LogP contribution in [0.5, 0.6) is 0 Å².